The Morgan fingerprint density at radius 1 is 1.20 bits per heavy atom. The van der Waals surface area contributed by atoms with E-state index in [4.69, 9.17) is 9.26 Å². The first-order chi connectivity index (χ1) is 16.7. The Labute approximate surface area is 199 Å². The number of amides is 2. The Balaban J connectivity index is 1.28. The van der Waals surface area contributed by atoms with Gasteiger partial charge in [-0.2, -0.15) is 4.98 Å². The van der Waals surface area contributed by atoms with Gasteiger partial charge in [0.15, 0.2) is 0 Å². The van der Waals surface area contributed by atoms with E-state index in [1.807, 2.05) is 26.8 Å². The van der Waals surface area contributed by atoms with Gasteiger partial charge >= 0.3 is 6.09 Å². The Morgan fingerprint density at radius 3 is 2.77 bits per heavy atom. The van der Waals surface area contributed by atoms with Crippen molar-refractivity contribution in [2.75, 3.05) is 18.4 Å². The number of fused-ring (bicyclic) bond motifs is 1. The number of likely N-dealkylation sites (tertiary alicyclic amines) is 1. The molecular formula is C24H23FN6O4. The van der Waals surface area contributed by atoms with Crippen LogP contribution in [0.4, 0.5) is 14.9 Å². The largest absolute Gasteiger partial charge is 0.444 e. The zero-order valence-corrected chi connectivity index (χ0v) is 19.4. The fraction of sp³-hybridized carbons (Fsp3) is 0.292. The van der Waals surface area contributed by atoms with Crippen LogP contribution in [0, 0.1) is 5.82 Å². The second-order valence-corrected chi connectivity index (χ2v) is 9.26. The maximum absolute atomic E-state index is 14.5. The summed E-state index contributed by atoms with van der Waals surface area (Å²) in [5.74, 6) is -0.600. The zero-order valence-electron chi connectivity index (χ0n) is 19.4. The zero-order chi connectivity index (χ0) is 24.7. The summed E-state index contributed by atoms with van der Waals surface area (Å²) in [6.45, 7) is 6.23. The van der Waals surface area contributed by atoms with Crippen molar-refractivity contribution < 1.29 is 23.2 Å². The highest BCUT2D eigenvalue weighted by Gasteiger charge is 2.37. The van der Waals surface area contributed by atoms with Crippen molar-refractivity contribution in [2.24, 2.45) is 0 Å². The van der Waals surface area contributed by atoms with Gasteiger partial charge in [-0.3, -0.25) is 9.20 Å². The van der Waals surface area contributed by atoms with Gasteiger partial charge in [-0.15, -0.1) is 0 Å². The quantitative estimate of drug-likeness (QED) is 0.469. The molecule has 0 spiro atoms. The lowest BCUT2D eigenvalue weighted by Gasteiger charge is -2.37. The van der Waals surface area contributed by atoms with Crippen molar-refractivity contribution in [3.05, 3.63) is 66.2 Å². The Bertz CT molecular complexity index is 1420. The smallest absolute Gasteiger partial charge is 0.410 e. The first-order valence-corrected chi connectivity index (χ1v) is 11.0. The van der Waals surface area contributed by atoms with Gasteiger partial charge in [0.25, 0.3) is 5.91 Å². The topological polar surface area (TPSA) is 115 Å². The van der Waals surface area contributed by atoms with E-state index in [1.165, 1.54) is 24.4 Å². The normalized spacial score (nSPS) is 14.1. The standard InChI is InChI=1S/C24H23FN6O4/c1-24(2,3)34-23(33)30-12-15(13-30)22-28-20(29-35-22)14-7-8-16(25)17(10-14)27-21(32)18-11-26-19-6-4-5-9-31(18)19/h4-11,15H,12-13H2,1-3H3,(H,27,32). The van der Waals surface area contributed by atoms with E-state index in [0.717, 1.165) is 0 Å². The molecule has 1 aliphatic heterocycles. The molecule has 11 heteroatoms. The molecule has 0 unspecified atom stereocenters. The third-order valence-corrected chi connectivity index (χ3v) is 5.45. The summed E-state index contributed by atoms with van der Waals surface area (Å²) < 4.78 is 26.8. The first kappa shape index (κ1) is 22.5. The number of imidazole rings is 1. The summed E-state index contributed by atoms with van der Waals surface area (Å²) in [5.41, 5.74) is 0.752. The molecule has 2 amide bonds. The highest BCUT2D eigenvalue weighted by molar-refractivity contribution is 6.03. The van der Waals surface area contributed by atoms with Gasteiger partial charge in [-0.1, -0.05) is 11.2 Å². The van der Waals surface area contributed by atoms with E-state index >= 15 is 0 Å². The second-order valence-electron chi connectivity index (χ2n) is 9.26. The van der Waals surface area contributed by atoms with E-state index in [0.29, 0.717) is 30.2 Å². The number of nitrogens with zero attached hydrogens (tertiary/aromatic N) is 5. The van der Waals surface area contributed by atoms with E-state index in [1.54, 1.807) is 27.6 Å². The number of carbonyl (C=O) groups excluding carboxylic acids is 2. The molecule has 1 N–H and O–H groups in total. The van der Waals surface area contributed by atoms with Crippen LogP contribution in [0.25, 0.3) is 17.0 Å². The molecular weight excluding hydrogens is 455 g/mol. The van der Waals surface area contributed by atoms with E-state index in [2.05, 4.69) is 20.4 Å². The molecule has 1 fully saturated rings. The lowest BCUT2D eigenvalue weighted by Crippen LogP contribution is -2.50. The number of carbonyl (C=O) groups is 2. The lowest BCUT2D eigenvalue weighted by atomic mass is 10.0. The molecule has 1 aliphatic rings. The van der Waals surface area contributed by atoms with E-state index < -0.39 is 23.4 Å². The van der Waals surface area contributed by atoms with Gasteiger partial charge < -0.3 is 19.5 Å². The van der Waals surface area contributed by atoms with Crippen LogP contribution < -0.4 is 5.32 Å². The minimum atomic E-state index is -0.605. The predicted molar refractivity (Wildman–Crippen MR) is 123 cm³/mol. The second kappa shape index (κ2) is 8.49. The van der Waals surface area contributed by atoms with E-state index in [-0.39, 0.29) is 23.1 Å². The minimum absolute atomic E-state index is 0.0236. The fourth-order valence-electron chi connectivity index (χ4n) is 3.68. The summed E-state index contributed by atoms with van der Waals surface area (Å²) in [5, 5.41) is 6.57. The highest BCUT2D eigenvalue weighted by atomic mass is 19.1. The van der Waals surface area contributed by atoms with Gasteiger partial charge in [0.1, 0.15) is 22.8 Å². The maximum Gasteiger partial charge on any atom is 0.410 e. The summed E-state index contributed by atoms with van der Waals surface area (Å²) in [4.78, 5) is 35.0. The number of aromatic nitrogens is 4. The Morgan fingerprint density at radius 2 is 2.00 bits per heavy atom. The molecule has 0 radical (unpaired) electrons. The number of hydrogen-bond donors (Lipinski definition) is 1. The Hall–Kier alpha value is -4.28. The number of ether oxygens (including phenoxy) is 1. The molecule has 10 nitrogen and oxygen atoms in total. The summed E-state index contributed by atoms with van der Waals surface area (Å²) >= 11 is 0. The number of benzene rings is 1. The fourth-order valence-corrected chi connectivity index (χ4v) is 3.68. The monoisotopic (exact) mass is 478 g/mol. The molecule has 5 rings (SSSR count). The SMILES string of the molecule is CC(C)(C)OC(=O)N1CC(c2nc(-c3ccc(F)c(NC(=O)c4cnc5ccccn45)c3)no2)C1. The van der Waals surface area contributed by atoms with Crippen molar-refractivity contribution in [2.45, 2.75) is 32.3 Å². The molecule has 0 bridgehead atoms. The van der Waals surface area contributed by atoms with Crippen LogP contribution in [-0.4, -0.2) is 55.1 Å². The van der Waals surface area contributed by atoms with Crippen molar-refractivity contribution in [3.8, 4) is 11.4 Å². The molecule has 0 atom stereocenters. The third-order valence-electron chi connectivity index (χ3n) is 5.45. The van der Waals surface area contributed by atoms with Gasteiger partial charge in [-0.05, 0) is 51.1 Å². The highest BCUT2D eigenvalue weighted by Crippen LogP contribution is 2.30. The van der Waals surface area contributed by atoms with Gasteiger partial charge in [0, 0.05) is 24.8 Å². The molecule has 4 heterocycles. The number of hydrogen-bond acceptors (Lipinski definition) is 7. The molecule has 1 saturated heterocycles. The molecule has 35 heavy (non-hydrogen) atoms. The van der Waals surface area contributed by atoms with Crippen LogP contribution in [-0.2, 0) is 4.74 Å². The van der Waals surface area contributed by atoms with Gasteiger partial charge in [-0.25, -0.2) is 14.2 Å². The number of nitrogens with one attached hydrogen (secondary N) is 1. The number of halogens is 1. The van der Waals surface area contributed by atoms with Crippen LogP contribution in [0.15, 0.2) is 53.3 Å². The Kier molecular flexibility index (Phi) is 5.46. The molecule has 0 saturated carbocycles. The minimum Gasteiger partial charge on any atom is -0.444 e. The van der Waals surface area contributed by atoms with Crippen molar-refractivity contribution in [1.82, 2.24) is 24.4 Å². The van der Waals surface area contributed by atoms with Gasteiger partial charge in [0.05, 0.1) is 17.8 Å². The van der Waals surface area contributed by atoms with Crippen LogP contribution >= 0.6 is 0 Å². The molecule has 1 aromatic carbocycles. The summed E-state index contributed by atoms with van der Waals surface area (Å²) in [6.07, 6.45) is 2.74. The number of rotatable bonds is 4. The third kappa shape index (κ3) is 4.57. The van der Waals surface area contributed by atoms with Gasteiger partial charge in [0.2, 0.25) is 11.7 Å². The molecule has 3 aromatic heterocycles. The van der Waals surface area contributed by atoms with Crippen LogP contribution in [0.1, 0.15) is 43.1 Å². The number of anilines is 1. The maximum atomic E-state index is 14.5. The van der Waals surface area contributed by atoms with E-state index in [9.17, 15) is 14.0 Å². The predicted octanol–water partition coefficient (Wildman–Crippen LogP) is 4.11. The first-order valence-electron chi connectivity index (χ1n) is 11.0. The van der Waals surface area contributed by atoms with Crippen LogP contribution in [0.3, 0.4) is 0 Å². The summed E-state index contributed by atoms with van der Waals surface area (Å²) in [7, 11) is 0. The lowest BCUT2D eigenvalue weighted by molar-refractivity contribution is 0.00557. The van der Waals surface area contributed by atoms with Crippen LogP contribution in [0.2, 0.25) is 0 Å². The van der Waals surface area contributed by atoms with Crippen molar-refractivity contribution in [3.63, 3.8) is 0 Å². The average molecular weight is 478 g/mol. The van der Waals surface area contributed by atoms with Crippen LogP contribution in [0.5, 0.6) is 0 Å². The summed E-state index contributed by atoms with van der Waals surface area (Å²) in [6, 6.07) is 9.52. The molecule has 180 valence electrons. The number of pyridine rings is 1. The van der Waals surface area contributed by atoms with Crippen molar-refractivity contribution in [1.29, 1.82) is 0 Å². The molecule has 4 aromatic rings. The average Bonchev–Trinajstić information content (AvgIpc) is 3.40. The molecule has 0 aliphatic carbocycles. The van der Waals surface area contributed by atoms with Crippen molar-refractivity contribution >= 4 is 23.3 Å².